The highest BCUT2D eigenvalue weighted by molar-refractivity contribution is 5.94. The van der Waals surface area contributed by atoms with Gasteiger partial charge in [-0.25, -0.2) is 4.98 Å². The van der Waals surface area contributed by atoms with Gasteiger partial charge in [0.25, 0.3) is 5.91 Å². The summed E-state index contributed by atoms with van der Waals surface area (Å²) in [6.07, 6.45) is 6.02. The second-order valence-electron chi connectivity index (χ2n) is 6.92. The summed E-state index contributed by atoms with van der Waals surface area (Å²) >= 11 is 0. The van der Waals surface area contributed by atoms with Crippen LogP contribution in [-0.4, -0.2) is 34.4 Å². The number of nitrogens with zero attached hydrogens (tertiary/aromatic N) is 2. The molecule has 3 heterocycles. The third-order valence-corrected chi connectivity index (χ3v) is 5.07. The van der Waals surface area contributed by atoms with Crippen LogP contribution in [0.3, 0.4) is 0 Å². The lowest BCUT2D eigenvalue weighted by atomic mass is 9.87. The van der Waals surface area contributed by atoms with Gasteiger partial charge in [0.1, 0.15) is 5.82 Å². The molecular formula is C17H25N3O. The molecule has 1 aromatic heterocycles. The molecule has 3 rings (SSSR count). The van der Waals surface area contributed by atoms with E-state index in [1.54, 1.807) is 6.20 Å². The van der Waals surface area contributed by atoms with Crippen LogP contribution in [0.2, 0.25) is 0 Å². The number of hydrogen-bond acceptors (Lipinski definition) is 3. The highest BCUT2D eigenvalue weighted by Crippen LogP contribution is 2.31. The Kier molecular flexibility index (Phi) is 3.64. The minimum absolute atomic E-state index is 0.135. The fourth-order valence-corrected chi connectivity index (χ4v) is 3.26. The van der Waals surface area contributed by atoms with Crippen molar-refractivity contribution in [2.75, 3.05) is 18.4 Å². The van der Waals surface area contributed by atoms with Crippen LogP contribution < -0.4 is 5.32 Å². The number of nitrogens with one attached hydrogen (secondary N) is 1. The third kappa shape index (κ3) is 2.76. The molecule has 1 N–H and O–H groups in total. The van der Waals surface area contributed by atoms with Crippen molar-refractivity contribution in [3.63, 3.8) is 0 Å². The summed E-state index contributed by atoms with van der Waals surface area (Å²) in [7, 11) is 0. The molecule has 0 aliphatic carbocycles. The Morgan fingerprint density at radius 3 is 3.05 bits per heavy atom. The summed E-state index contributed by atoms with van der Waals surface area (Å²) < 4.78 is 0. The van der Waals surface area contributed by atoms with Crippen LogP contribution in [0, 0.1) is 5.92 Å². The number of likely N-dealkylation sites (tertiary alicyclic amines) is 1. The number of anilines is 1. The molecule has 1 amide bonds. The number of rotatable bonds is 2. The Morgan fingerprint density at radius 1 is 1.57 bits per heavy atom. The second-order valence-corrected chi connectivity index (χ2v) is 6.92. The molecule has 0 radical (unpaired) electrons. The number of pyridine rings is 1. The van der Waals surface area contributed by atoms with Gasteiger partial charge in [-0.3, -0.25) is 4.79 Å². The summed E-state index contributed by atoms with van der Waals surface area (Å²) in [6.45, 7) is 8.39. The molecule has 0 bridgehead atoms. The van der Waals surface area contributed by atoms with E-state index < -0.39 is 0 Å². The molecule has 2 aliphatic rings. The van der Waals surface area contributed by atoms with E-state index in [-0.39, 0.29) is 11.4 Å². The maximum atomic E-state index is 12.5. The largest absolute Gasteiger partial charge is 0.365 e. The van der Waals surface area contributed by atoms with Crippen molar-refractivity contribution in [3.8, 4) is 0 Å². The van der Waals surface area contributed by atoms with Crippen molar-refractivity contribution in [2.45, 2.75) is 52.0 Å². The number of hydrogen-bond donors (Lipinski definition) is 1. The lowest BCUT2D eigenvalue weighted by Gasteiger charge is -2.35. The normalized spacial score (nSPS) is 28.1. The van der Waals surface area contributed by atoms with E-state index >= 15 is 0 Å². The van der Waals surface area contributed by atoms with Gasteiger partial charge in [-0.1, -0.05) is 13.8 Å². The lowest BCUT2D eigenvalue weighted by Crippen LogP contribution is -2.38. The van der Waals surface area contributed by atoms with E-state index in [2.05, 4.69) is 31.1 Å². The minimum Gasteiger partial charge on any atom is -0.365 e. The summed E-state index contributed by atoms with van der Waals surface area (Å²) in [6, 6.07) is 2.04. The number of aryl methyl sites for hydroxylation is 1. The molecule has 1 aromatic rings. The van der Waals surface area contributed by atoms with E-state index in [4.69, 9.17) is 0 Å². The van der Waals surface area contributed by atoms with Crippen LogP contribution >= 0.6 is 0 Å². The molecule has 4 heteroatoms. The standard InChI is InChI=1S/C17H25N3O/c1-4-17(3)7-5-13-9-14(10-18-15(13)19-17)16(21)20-8-6-12(2)11-20/h9-10,12H,4-8,11H2,1-3H3,(H,18,19)/t12-,17?/m0/s1. The van der Waals surface area contributed by atoms with Crippen LogP contribution in [0.1, 0.15) is 56.0 Å². The zero-order chi connectivity index (χ0) is 15.0. The molecule has 21 heavy (non-hydrogen) atoms. The number of aromatic nitrogens is 1. The van der Waals surface area contributed by atoms with Crippen LogP contribution in [0.25, 0.3) is 0 Å². The van der Waals surface area contributed by atoms with Gasteiger partial charge in [0, 0.05) is 24.8 Å². The van der Waals surface area contributed by atoms with Crippen molar-refractivity contribution in [2.24, 2.45) is 5.92 Å². The molecule has 0 saturated carbocycles. The summed E-state index contributed by atoms with van der Waals surface area (Å²) in [5, 5.41) is 3.53. The maximum Gasteiger partial charge on any atom is 0.255 e. The molecule has 4 nitrogen and oxygen atoms in total. The fourth-order valence-electron chi connectivity index (χ4n) is 3.26. The molecule has 1 unspecified atom stereocenters. The van der Waals surface area contributed by atoms with Gasteiger partial charge in [-0.05, 0) is 50.2 Å². The van der Waals surface area contributed by atoms with Crippen molar-refractivity contribution < 1.29 is 4.79 Å². The van der Waals surface area contributed by atoms with Gasteiger partial charge in [-0.15, -0.1) is 0 Å². The molecule has 1 fully saturated rings. The van der Waals surface area contributed by atoms with E-state index in [1.807, 2.05) is 11.0 Å². The highest BCUT2D eigenvalue weighted by Gasteiger charge is 2.29. The molecule has 2 aliphatic heterocycles. The van der Waals surface area contributed by atoms with Crippen LogP contribution in [0.15, 0.2) is 12.3 Å². The van der Waals surface area contributed by atoms with Gasteiger partial charge in [0.05, 0.1) is 5.56 Å². The molecule has 114 valence electrons. The topological polar surface area (TPSA) is 45.2 Å². The van der Waals surface area contributed by atoms with Gasteiger partial charge < -0.3 is 10.2 Å². The average Bonchev–Trinajstić information content (AvgIpc) is 2.92. The Labute approximate surface area is 126 Å². The Hall–Kier alpha value is -1.58. The van der Waals surface area contributed by atoms with Crippen molar-refractivity contribution >= 4 is 11.7 Å². The molecule has 0 aromatic carbocycles. The van der Waals surface area contributed by atoms with Crippen molar-refractivity contribution in [1.29, 1.82) is 0 Å². The van der Waals surface area contributed by atoms with Gasteiger partial charge in [0.15, 0.2) is 0 Å². The van der Waals surface area contributed by atoms with Gasteiger partial charge in [0.2, 0.25) is 0 Å². The second kappa shape index (κ2) is 5.32. The highest BCUT2D eigenvalue weighted by atomic mass is 16.2. The Bertz CT molecular complexity index is 557. The first-order valence-corrected chi connectivity index (χ1v) is 8.07. The number of fused-ring (bicyclic) bond motifs is 1. The van der Waals surface area contributed by atoms with Gasteiger partial charge in [-0.2, -0.15) is 0 Å². The lowest BCUT2D eigenvalue weighted by molar-refractivity contribution is 0.0787. The van der Waals surface area contributed by atoms with Crippen LogP contribution in [-0.2, 0) is 6.42 Å². The summed E-state index contributed by atoms with van der Waals surface area (Å²) in [4.78, 5) is 19.0. The Morgan fingerprint density at radius 2 is 2.38 bits per heavy atom. The molecular weight excluding hydrogens is 262 g/mol. The van der Waals surface area contributed by atoms with E-state index in [0.717, 1.165) is 50.2 Å². The SMILES string of the molecule is CCC1(C)CCc2cc(C(=O)N3CC[C@H](C)C3)cnc2N1. The number of amides is 1. The zero-order valence-corrected chi connectivity index (χ0v) is 13.3. The van der Waals surface area contributed by atoms with E-state index in [1.165, 1.54) is 5.56 Å². The fraction of sp³-hybridized carbons (Fsp3) is 0.647. The summed E-state index contributed by atoms with van der Waals surface area (Å²) in [5.74, 6) is 1.71. The van der Waals surface area contributed by atoms with E-state index in [0.29, 0.717) is 5.92 Å². The molecule has 0 spiro atoms. The average molecular weight is 287 g/mol. The van der Waals surface area contributed by atoms with Gasteiger partial charge >= 0.3 is 0 Å². The number of carbonyl (C=O) groups is 1. The zero-order valence-electron chi connectivity index (χ0n) is 13.3. The quantitative estimate of drug-likeness (QED) is 0.909. The van der Waals surface area contributed by atoms with Crippen LogP contribution in [0.5, 0.6) is 0 Å². The first-order chi connectivity index (χ1) is 10.0. The Balaban J connectivity index is 1.79. The molecule has 1 saturated heterocycles. The predicted octanol–water partition coefficient (Wildman–Crippen LogP) is 3.09. The minimum atomic E-state index is 0.135. The predicted molar refractivity (Wildman–Crippen MR) is 84.6 cm³/mol. The smallest absolute Gasteiger partial charge is 0.255 e. The maximum absolute atomic E-state index is 12.5. The van der Waals surface area contributed by atoms with Crippen LogP contribution in [0.4, 0.5) is 5.82 Å². The summed E-state index contributed by atoms with van der Waals surface area (Å²) in [5.41, 5.74) is 2.05. The first-order valence-electron chi connectivity index (χ1n) is 8.07. The first kappa shape index (κ1) is 14.4. The number of carbonyl (C=O) groups excluding carboxylic acids is 1. The monoisotopic (exact) mass is 287 g/mol. The van der Waals surface area contributed by atoms with Crippen molar-refractivity contribution in [1.82, 2.24) is 9.88 Å². The van der Waals surface area contributed by atoms with Crippen molar-refractivity contribution in [3.05, 3.63) is 23.4 Å². The van der Waals surface area contributed by atoms with E-state index in [9.17, 15) is 4.79 Å². The third-order valence-electron chi connectivity index (χ3n) is 5.07. The molecule has 2 atom stereocenters.